The molecule has 1 N–H and O–H groups in total. The highest BCUT2D eigenvalue weighted by Gasteiger charge is 2.28. The van der Waals surface area contributed by atoms with Gasteiger partial charge >= 0.3 is 11.9 Å². The van der Waals surface area contributed by atoms with E-state index >= 15 is 0 Å². The highest BCUT2D eigenvalue weighted by Crippen LogP contribution is 2.39. The molecule has 1 aromatic rings. The van der Waals surface area contributed by atoms with Crippen LogP contribution in [0.5, 0.6) is 0 Å². The van der Waals surface area contributed by atoms with E-state index in [4.69, 9.17) is 5.11 Å². The zero-order valence-corrected chi connectivity index (χ0v) is 8.77. The molecule has 1 aliphatic rings. The Hall–Kier alpha value is -1.91. The summed E-state index contributed by atoms with van der Waals surface area (Å²) in [7, 11) is 1.21. The van der Waals surface area contributed by atoms with Crippen LogP contribution in [0.3, 0.4) is 0 Å². The van der Waals surface area contributed by atoms with Crippen LogP contribution in [0, 0.1) is 0 Å². The van der Waals surface area contributed by atoms with E-state index in [-0.39, 0.29) is 11.3 Å². The van der Waals surface area contributed by atoms with Gasteiger partial charge in [-0.1, -0.05) is 0 Å². The molecule has 84 valence electrons. The molecule has 0 saturated heterocycles. The standard InChI is InChI=1S/C11H11NO4/c1-16-11(15)9-7(10(13)14)4-5-8(12-9)6-2-3-6/h4-6H,2-3H2,1H3,(H,13,14). The van der Waals surface area contributed by atoms with E-state index in [2.05, 4.69) is 9.72 Å². The number of nitrogens with zero attached hydrogens (tertiary/aromatic N) is 1. The van der Waals surface area contributed by atoms with Gasteiger partial charge in [-0.2, -0.15) is 0 Å². The van der Waals surface area contributed by atoms with Gasteiger partial charge in [-0.15, -0.1) is 0 Å². The first-order valence-electron chi connectivity index (χ1n) is 4.96. The van der Waals surface area contributed by atoms with E-state index in [0.29, 0.717) is 5.92 Å². The predicted octanol–water partition coefficient (Wildman–Crippen LogP) is 1.44. The van der Waals surface area contributed by atoms with Gasteiger partial charge in [0.15, 0.2) is 5.69 Å². The van der Waals surface area contributed by atoms with E-state index in [1.165, 1.54) is 13.2 Å². The first-order valence-corrected chi connectivity index (χ1v) is 4.96. The average Bonchev–Trinajstić information content (AvgIpc) is 3.11. The minimum Gasteiger partial charge on any atom is -0.478 e. The van der Waals surface area contributed by atoms with Crippen molar-refractivity contribution in [2.75, 3.05) is 7.11 Å². The first kappa shape index (κ1) is 10.6. The van der Waals surface area contributed by atoms with Gasteiger partial charge < -0.3 is 9.84 Å². The number of carboxylic acids is 1. The normalized spacial score (nSPS) is 14.6. The number of ether oxygens (including phenoxy) is 1. The van der Waals surface area contributed by atoms with Crippen LogP contribution in [0.4, 0.5) is 0 Å². The Morgan fingerprint density at radius 1 is 1.44 bits per heavy atom. The number of aromatic carboxylic acids is 1. The number of hydrogen-bond acceptors (Lipinski definition) is 4. The minimum atomic E-state index is -1.17. The van der Waals surface area contributed by atoms with Gasteiger partial charge in [0, 0.05) is 11.6 Å². The highest BCUT2D eigenvalue weighted by atomic mass is 16.5. The highest BCUT2D eigenvalue weighted by molar-refractivity contribution is 6.00. The molecule has 5 nitrogen and oxygen atoms in total. The van der Waals surface area contributed by atoms with Crippen LogP contribution < -0.4 is 0 Å². The van der Waals surface area contributed by atoms with Gasteiger partial charge in [-0.25, -0.2) is 14.6 Å². The second-order valence-corrected chi connectivity index (χ2v) is 3.70. The SMILES string of the molecule is COC(=O)c1nc(C2CC2)ccc1C(=O)O. The Balaban J connectivity index is 2.45. The van der Waals surface area contributed by atoms with Crippen LogP contribution in [0.2, 0.25) is 0 Å². The maximum Gasteiger partial charge on any atom is 0.357 e. The molecule has 0 bridgehead atoms. The number of carbonyl (C=O) groups excluding carboxylic acids is 1. The molecular weight excluding hydrogens is 210 g/mol. The van der Waals surface area contributed by atoms with Gasteiger partial charge in [0.1, 0.15) is 0 Å². The fraction of sp³-hybridized carbons (Fsp3) is 0.364. The van der Waals surface area contributed by atoms with E-state index in [1.807, 2.05) is 0 Å². The minimum absolute atomic E-state index is 0.112. The maximum absolute atomic E-state index is 11.4. The summed E-state index contributed by atoms with van der Waals surface area (Å²) >= 11 is 0. The lowest BCUT2D eigenvalue weighted by molar-refractivity contribution is 0.0575. The molecule has 1 saturated carbocycles. The lowest BCUT2D eigenvalue weighted by Crippen LogP contribution is -2.13. The molecule has 2 rings (SSSR count). The number of pyridine rings is 1. The van der Waals surface area contributed by atoms with Crippen LogP contribution in [0.1, 0.15) is 45.3 Å². The second-order valence-electron chi connectivity index (χ2n) is 3.70. The first-order chi connectivity index (χ1) is 7.63. The summed E-state index contributed by atoms with van der Waals surface area (Å²) in [6, 6.07) is 3.07. The van der Waals surface area contributed by atoms with E-state index < -0.39 is 11.9 Å². The van der Waals surface area contributed by atoms with Crippen molar-refractivity contribution in [1.82, 2.24) is 4.98 Å². The molecule has 0 aromatic carbocycles. The molecule has 0 unspecified atom stereocenters. The topological polar surface area (TPSA) is 76.5 Å². The summed E-state index contributed by atoms with van der Waals surface area (Å²) in [5.41, 5.74) is 0.543. The molecule has 1 aromatic heterocycles. The zero-order valence-electron chi connectivity index (χ0n) is 8.77. The monoisotopic (exact) mass is 221 g/mol. The number of carbonyl (C=O) groups is 2. The van der Waals surface area contributed by atoms with E-state index in [9.17, 15) is 9.59 Å². The van der Waals surface area contributed by atoms with Crippen LogP contribution >= 0.6 is 0 Å². The van der Waals surface area contributed by atoms with Crippen LogP contribution in [-0.4, -0.2) is 29.1 Å². The zero-order chi connectivity index (χ0) is 11.7. The third-order valence-electron chi connectivity index (χ3n) is 2.52. The van der Waals surface area contributed by atoms with Crippen molar-refractivity contribution >= 4 is 11.9 Å². The Bertz CT molecular complexity index is 451. The molecular formula is C11H11NO4. The van der Waals surface area contributed by atoms with Crippen LogP contribution in [0.25, 0.3) is 0 Å². The molecule has 0 atom stereocenters. The lowest BCUT2D eigenvalue weighted by Gasteiger charge is -2.05. The predicted molar refractivity (Wildman–Crippen MR) is 54.5 cm³/mol. The third kappa shape index (κ3) is 1.88. The van der Waals surface area contributed by atoms with Crippen LogP contribution in [-0.2, 0) is 4.74 Å². The maximum atomic E-state index is 11.4. The molecule has 0 aliphatic heterocycles. The fourth-order valence-electron chi connectivity index (χ4n) is 1.51. The number of esters is 1. The molecule has 0 radical (unpaired) electrons. The van der Waals surface area contributed by atoms with Crippen molar-refractivity contribution in [3.05, 3.63) is 29.1 Å². The van der Waals surface area contributed by atoms with Crippen molar-refractivity contribution in [2.45, 2.75) is 18.8 Å². The largest absolute Gasteiger partial charge is 0.478 e. The smallest absolute Gasteiger partial charge is 0.357 e. The molecule has 1 fully saturated rings. The Kier molecular flexibility index (Phi) is 2.60. The molecule has 5 heteroatoms. The number of carboxylic acid groups (broad SMARTS) is 1. The van der Waals surface area contributed by atoms with Gasteiger partial charge in [-0.3, -0.25) is 0 Å². The molecule has 1 heterocycles. The quantitative estimate of drug-likeness (QED) is 0.781. The second kappa shape index (κ2) is 3.92. The van der Waals surface area contributed by atoms with E-state index in [1.54, 1.807) is 6.07 Å². The Labute approximate surface area is 92.1 Å². The summed E-state index contributed by atoms with van der Waals surface area (Å²) in [5, 5.41) is 8.91. The number of rotatable bonds is 3. The number of methoxy groups -OCH3 is 1. The summed E-state index contributed by atoms with van der Waals surface area (Å²) < 4.78 is 4.52. The van der Waals surface area contributed by atoms with Gasteiger partial charge in [-0.05, 0) is 25.0 Å². The van der Waals surface area contributed by atoms with Gasteiger partial charge in [0.25, 0.3) is 0 Å². The van der Waals surface area contributed by atoms with Gasteiger partial charge in [0.2, 0.25) is 0 Å². The van der Waals surface area contributed by atoms with E-state index in [0.717, 1.165) is 18.5 Å². The summed E-state index contributed by atoms with van der Waals surface area (Å²) in [5.74, 6) is -1.51. The van der Waals surface area contributed by atoms with Crippen molar-refractivity contribution < 1.29 is 19.4 Å². The average molecular weight is 221 g/mol. The van der Waals surface area contributed by atoms with Crippen molar-refractivity contribution in [3.63, 3.8) is 0 Å². The van der Waals surface area contributed by atoms with Crippen molar-refractivity contribution in [2.24, 2.45) is 0 Å². The van der Waals surface area contributed by atoms with Crippen LogP contribution in [0.15, 0.2) is 12.1 Å². The fourth-order valence-corrected chi connectivity index (χ4v) is 1.51. The lowest BCUT2D eigenvalue weighted by atomic mass is 10.1. The molecule has 16 heavy (non-hydrogen) atoms. The molecule has 0 spiro atoms. The van der Waals surface area contributed by atoms with Crippen molar-refractivity contribution in [3.8, 4) is 0 Å². The third-order valence-corrected chi connectivity index (χ3v) is 2.52. The van der Waals surface area contributed by atoms with Crippen molar-refractivity contribution in [1.29, 1.82) is 0 Å². The molecule has 0 amide bonds. The summed E-state index contributed by atoms with van der Waals surface area (Å²) in [4.78, 5) is 26.3. The van der Waals surface area contributed by atoms with Gasteiger partial charge in [0.05, 0.1) is 12.7 Å². The Morgan fingerprint density at radius 2 is 2.12 bits per heavy atom. The number of aromatic nitrogens is 1. The molecule has 1 aliphatic carbocycles. The summed E-state index contributed by atoms with van der Waals surface area (Å²) in [6.07, 6.45) is 2.08. The summed E-state index contributed by atoms with van der Waals surface area (Å²) in [6.45, 7) is 0. The number of hydrogen-bond donors (Lipinski definition) is 1. The Morgan fingerprint density at radius 3 is 2.62 bits per heavy atom.